The molecule has 0 bridgehead atoms. The molecule has 1 heterocycles. The summed E-state index contributed by atoms with van der Waals surface area (Å²) in [6.45, 7) is 2.13. The predicted octanol–water partition coefficient (Wildman–Crippen LogP) is 17.0. The standard InChI is InChI=1S/C59H39NO/c1-38-9-8-16-55-57-54-15-7-6-14-51(54)37-56(59(57)61-58(38)55)60(52-29-25-41(26-30-52)45-19-17-39-10-2-4-12-43(39)33-45)53-31-27-42(28-32-53)46-21-22-49-36-50(24-23-48(49)35-46)47-20-18-40-11-3-5-13-44(40)34-47/h2-37H,1H3. The number of hydrogen-bond donors (Lipinski definition) is 0. The number of hydrogen-bond acceptors (Lipinski definition) is 2. The van der Waals surface area contributed by atoms with E-state index in [4.69, 9.17) is 4.42 Å². The summed E-state index contributed by atoms with van der Waals surface area (Å²) in [6, 6.07) is 79.5. The molecule has 0 spiro atoms. The van der Waals surface area contributed by atoms with Crippen LogP contribution in [0, 0.1) is 6.92 Å². The van der Waals surface area contributed by atoms with Crippen molar-refractivity contribution in [3.63, 3.8) is 0 Å². The highest BCUT2D eigenvalue weighted by atomic mass is 16.3. The Kier molecular flexibility index (Phi) is 8.11. The van der Waals surface area contributed by atoms with Crippen molar-refractivity contribution in [3.8, 4) is 33.4 Å². The van der Waals surface area contributed by atoms with Gasteiger partial charge in [-0.1, -0.05) is 164 Å². The van der Waals surface area contributed by atoms with Crippen molar-refractivity contribution in [2.24, 2.45) is 0 Å². The third-order valence-corrected chi connectivity index (χ3v) is 12.5. The SMILES string of the molecule is Cc1cccc2c1oc1c(N(c3ccc(-c4ccc5ccccc5c4)cc3)c3ccc(-c4ccc5cc(-c6ccc7ccccc7c6)ccc5c4)cc3)cc3ccccc3c12. The quantitative estimate of drug-likeness (QED) is 0.167. The zero-order chi connectivity index (χ0) is 40.4. The van der Waals surface area contributed by atoms with Crippen molar-refractivity contribution < 1.29 is 4.42 Å². The summed E-state index contributed by atoms with van der Waals surface area (Å²) in [5.41, 5.74) is 13.2. The number of anilines is 3. The highest BCUT2D eigenvalue weighted by Gasteiger charge is 2.22. The van der Waals surface area contributed by atoms with Crippen LogP contribution in [0.4, 0.5) is 17.1 Å². The van der Waals surface area contributed by atoms with E-state index < -0.39 is 0 Å². The van der Waals surface area contributed by atoms with Gasteiger partial charge in [-0.3, -0.25) is 0 Å². The molecule has 0 unspecified atom stereocenters. The maximum atomic E-state index is 6.93. The summed E-state index contributed by atoms with van der Waals surface area (Å²) in [5, 5.41) is 12.1. The number of nitrogens with zero attached hydrogens (tertiary/aromatic N) is 1. The van der Waals surface area contributed by atoms with E-state index in [1.807, 2.05) is 0 Å². The number of para-hydroxylation sites is 1. The molecule has 0 aliphatic heterocycles. The van der Waals surface area contributed by atoms with E-state index >= 15 is 0 Å². The summed E-state index contributed by atoms with van der Waals surface area (Å²) in [6.07, 6.45) is 0. The van der Waals surface area contributed by atoms with Crippen LogP contribution in [0.15, 0.2) is 223 Å². The molecule has 11 aromatic carbocycles. The third-order valence-electron chi connectivity index (χ3n) is 12.5. The van der Waals surface area contributed by atoms with E-state index in [9.17, 15) is 0 Å². The molecule has 0 saturated heterocycles. The molecule has 2 heteroatoms. The Morgan fingerprint density at radius 3 is 1.26 bits per heavy atom. The van der Waals surface area contributed by atoms with Crippen LogP contribution in [-0.2, 0) is 0 Å². The second-order valence-electron chi connectivity index (χ2n) is 16.2. The van der Waals surface area contributed by atoms with Crippen LogP contribution in [0.25, 0.3) is 98.4 Å². The minimum Gasteiger partial charge on any atom is -0.454 e. The van der Waals surface area contributed by atoms with E-state index in [-0.39, 0.29) is 0 Å². The van der Waals surface area contributed by atoms with Gasteiger partial charge in [0.1, 0.15) is 5.58 Å². The van der Waals surface area contributed by atoms with E-state index in [1.54, 1.807) is 0 Å². The second kappa shape index (κ2) is 14.1. The number of furan rings is 1. The minimum atomic E-state index is 0.878. The molecular weight excluding hydrogens is 739 g/mol. The Morgan fingerprint density at radius 2 is 0.721 bits per heavy atom. The Morgan fingerprint density at radius 1 is 0.311 bits per heavy atom. The van der Waals surface area contributed by atoms with Gasteiger partial charge in [0, 0.05) is 22.1 Å². The second-order valence-corrected chi connectivity index (χ2v) is 16.2. The number of aryl methyl sites for hydroxylation is 1. The van der Waals surface area contributed by atoms with Gasteiger partial charge < -0.3 is 9.32 Å². The fraction of sp³-hybridized carbons (Fsp3) is 0.0169. The first-order valence-electron chi connectivity index (χ1n) is 21.0. The van der Waals surface area contributed by atoms with Crippen molar-refractivity contribution in [1.29, 1.82) is 0 Å². The van der Waals surface area contributed by atoms with Gasteiger partial charge in [-0.15, -0.1) is 0 Å². The van der Waals surface area contributed by atoms with Crippen LogP contribution in [0.1, 0.15) is 5.56 Å². The van der Waals surface area contributed by atoms with Crippen molar-refractivity contribution in [2.45, 2.75) is 6.92 Å². The first-order valence-corrected chi connectivity index (χ1v) is 21.0. The first kappa shape index (κ1) is 35.0. The largest absolute Gasteiger partial charge is 0.454 e. The predicted molar refractivity (Wildman–Crippen MR) is 259 cm³/mol. The molecule has 12 aromatic rings. The number of benzene rings is 11. The molecule has 0 atom stereocenters. The summed E-state index contributed by atoms with van der Waals surface area (Å²) in [5.74, 6) is 0. The fourth-order valence-corrected chi connectivity index (χ4v) is 9.31. The molecule has 61 heavy (non-hydrogen) atoms. The topological polar surface area (TPSA) is 16.4 Å². The van der Waals surface area contributed by atoms with Crippen molar-refractivity contribution in [2.75, 3.05) is 4.90 Å². The Hall–Kier alpha value is -7.94. The molecule has 0 fully saturated rings. The van der Waals surface area contributed by atoms with Crippen LogP contribution in [0.3, 0.4) is 0 Å². The maximum absolute atomic E-state index is 6.93. The Balaban J connectivity index is 0.963. The van der Waals surface area contributed by atoms with Crippen LogP contribution >= 0.6 is 0 Å². The molecule has 2 nitrogen and oxygen atoms in total. The number of fused-ring (bicyclic) bond motifs is 8. The van der Waals surface area contributed by atoms with Crippen molar-refractivity contribution >= 4 is 82.1 Å². The lowest BCUT2D eigenvalue weighted by Crippen LogP contribution is -2.10. The van der Waals surface area contributed by atoms with Gasteiger partial charge in [-0.05, 0) is 144 Å². The molecule has 0 saturated carbocycles. The van der Waals surface area contributed by atoms with E-state index in [2.05, 4.69) is 230 Å². The lowest BCUT2D eigenvalue weighted by Gasteiger charge is -2.26. The molecule has 0 N–H and O–H groups in total. The van der Waals surface area contributed by atoms with Gasteiger partial charge >= 0.3 is 0 Å². The van der Waals surface area contributed by atoms with Crippen molar-refractivity contribution in [1.82, 2.24) is 0 Å². The van der Waals surface area contributed by atoms with Gasteiger partial charge in [0.25, 0.3) is 0 Å². The molecule has 1 aromatic heterocycles. The zero-order valence-corrected chi connectivity index (χ0v) is 33.6. The average molecular weight is 778 g/mol. The highest BCUT2D eigenvalue weighted by molar-refractivity contribution is 6.23. The van der Waals surface area contributed by atoms with Crippen molar-refractivity contribution in [3.05, 3.63) is 224 Å². The normalized spacial score (nSPS) is 11.7. The molecule has 286 valence electrons. The molecule has 0 amide bonds. The van der Waals surface area contributed by atoms with Crippen LogP contribution in [-0.4, -0.2) is 0 Å². The Bertz CT molecular complexity index is 3650. The molecular formula is C59H39NO. The van der Waals surface area contributed by atoms with Crippen LogP contribution < -0.4 is 4.90 Å². The van der Waals surface area contributed by atoms with Gasteiger partial charge in [0.05, 0.1) is 5.69 Å². The van der Waals surface area contributed by atoms with E-state index in [0.29, 0.717) is 0 Å². The maximum Gasteiger partial charge on any atom is 0.160 e. The van der Waals surface area contributed by atoms with Gasteiger partial charge in [0.15, 0.2) is 5.58 Å². The number of rotatable bonds is 6. The smallest absolute Gasteiger partial charge is 0.160 e. The lowest BCUT2D eigenvalue weighted by atomic mass is 9.96. The average Bonchev–Trinajstić information content (AvgIpc) is 3.73. The summed E-state index contributed by atoms with van der Waals surface area (Å²) in [4.78, 5) is 2.36. The van der Waals surface area contributed by atoms with Gasteiger partial charge in [0.2, 0.25) is 0 Å². The van der Waals surface area contributed by atoms with Gasteiger partial charge in [-0.25, -0.2) is 0 Å². The summed E-state index contributed by atoms with van der Waals surface area (Å²) >= 11 is 0. The Labute approximate surface area is 354 Å². The molecule has 0 aliphatic carbocycles. The zero-order valence-electron chi connectivity index (χ0n) is 33.6. The summed E-state index contributed by atoms with van der Waals surface area (Å²) in [7, 11) is 0. The first-order chi connectivity index (χ1) is 30.1. The van der Waals surface area contributed by atoms with Crippen LogP contribution in [0.2, 0.25) is 0 Å². The van der Waals surface area contributed by atoms with E-state index in [0.717, 1.165) is 44.6 Å². The molecule has 12 rings (SSSR count). The monoisotopic (exact) mass is 777 g/mol. The van der Waals surface area contributed by atoms with Crippen LogP contribution in [0.5, 0.6) is 0 Å². The summed E-state index contributed by atoms with van der Waals surface area (Å²) < 4.78 is 6.93. The highest BCUT2D eigenvalue weighted by Crippen LogP contribution is 2.46. The fourth-order valence-electron chi connectivity index (χ4n) is 9.31. The molecule has 0 aliphatic rings. The molecule has 0 radical (unpaired) electrons. The van der Waals surface area contributed by atoms with Gasteiger partial charge in [-0.2, -0.15) is 0 Å². The lowest BCUT2D eigenvalue weighted by molar-refractivity contribution is 0.666. The minimum absolute atomic E-state index is 0.878. The van der Waals surface area contributed by atoms with E-state index in [1.165, 1.54) is 76.5 Å². The third kappa shape index (κ3) is 6.03.